The van der Waals surface area contributed by atoms with Crippen LogP contribution in [0.1, 0.15) is 12.8 Å². The molecule has 7 heteroatoms. The zero-order valence-electron chi connectivity index (χ0n) is 12.5. The van der Waals surface area contributed by atoms with E-state index in [9.17, 15) is 9.90 Å². The van der Waals surface area contributed by atoms with Crippen molar-refractivity contribution in [1.82, 2.24) is 4.90 Å². The molecule has 1 heterocycles. The quantitative estimate of drug-likeness (QED) is 0.814. The van der Waals surface area contributed by atoms with E-state index in [4.69, 9.17) is 21.1 Å². The molecule has 0 radical (unpaired) electrons. The third-order valence-electron chi connectivity index (χ3n) is 3.43. The third kappa shape index (κ3) is 4.50. The third-order valence-corrected chi connectivity index (χ3v) is 3.72. The molecule has 0 bridgehead atoms. The van der Waals surface area contributed by atoms with Crippen molar-refractivity contribution in [1.29, 1.82) is 0 Å². The minimum atomic E-state index is -0.462. The Morgan fingerprint density at radius 2 is 2.32 bits per heavy atom. The highest BCUT2D eigenvalue weighted by molar-refractivity contribution is 6.32. The van der Waals surface area contributed by atoms with Crippen molar-refractivity contribution in [3.05, 3.63) is 23.2 Å². The molecule has 0 aromatic heterocycles. The Bertz CT molecular complexity index is 512. The number of rotatable bonds is 5. The Morgan fingerprint density at radius 1 is 1.50 bits per heavy atom. The van der Waals surface area contributed by atoms with E-state index in [-0.39, 0.29) is 6.03 Å². The van der Waals surface area contributed by atoms with Gasteiger partial charge in [0.1, 0.15) is 6.61 Å². The molecule has 1 saturated heterocycles. The summed E-state index contributed by atoms with van der Waals surface area (Å²) in [5.41, 5.74) is 0.508. The number of benzene rings is 1. The molecule has 22 heavy (non-hydrogen) atoms. The van der Waals surface area contributed by atoms with Gasteiger partial charge in [-0.05, 0) is 25.0 Å². The van der Waals surface area contributed by atoms with E-state index in [1.54, 1.807) is 30.2 Å². The Hall–Kier alpha value is -1.50. The van der Waals surface area contributed by atoms with Gasteiger partial charge < -0.3 is 24.8 Å². The van der Waals surface area contributed by atoms with Gasteiger partial charge in [0, 0.05) is 20.2 Å². The summed E-state index contributed by atoms with van der Waals surface area (Å²) >= 11 is 6.13. The number of ether oxygens (including phenoxy) is 2. The smallest absolute Gasteiger partial charge is 0.322 e. The summed E-state index contributed by atoms with van der Waals surface area (Å²) < 4.78 is 10.5. The van der Waals surface area contributed by atoms with E-state index >= 15 is 0 Å². The molecular weight excluding hydrogens is 308 g/mol. The number of aliphatic hydroxyl groups excluding tert-OH is 1. The van der Waals surface area contributed by atoms with Gasteiger partial charge >= 0.3 is 6.03 Å². The lowest BCUT2D eigenvalue weighted by Gasteiger charge is -2.30. The van der Waals surface area contributed by atoms with Gasteiger partial charge in [0.2, 0.25) is 0 Å². The van der Waals surface area contributed by atoms with E-state index in [2.05, 4.69) is 5.32 Å². The zero-order chi connectivity index (χ0) is 15.9. The molecule has 0 aliphatic carbocycles. The average Bonchev–Trinajstić information content (AvgIpc) is 2.50. The molecule has 2 N–H and O–H groups in total. The first-order valence-electron chi connectivity index (χ1n) is 7.26. The number of methoxy groups -OCH3 is 1. The number of para-hydroxylation sites is 1. The van der Waals surface area contributed by atoms with Crippen LogP contribution in [0.4, 0.5) is 10.5 Å². The second kappa shape index (κ2) is 8.22. The molecular formula is C15H21ClN2O4. The number of piperidine rings is 1. The number of hydrogen-bond donors (Lipinski definition) is 2. The Kier molecular flexibility index (Phi) is 6.30. The summed E-state index contributed by atoms with van der Waals surface area (Å²) in [5.74, 6) is 0.423. The molecule has 1 atom stereocenters. The predicted octanol–water partition coefficient (Wildman–Crippen LogP) is 2.35. The minimum Gasteiger partial charge on any atom is -0.487 e. The van der Waals surface area contributed by atoms with Gasteiger partial charge in [-0.3, -0.25) is 0 Å². The normalized spacial score (nSPS) is 18.1. The van der Waals surface area contributed by atoms with Gasteiger partial charge in [0.05, 0.1) is 23.4 Å². The number of carbonyl (C=O) groups excluding carboxylic acids is 1. The van der Waals surface area contributed by atoms with Crippen LogP contribution in [-0.4, -0.2) is 55.6 Å². The largest absolute Gasteiger partial charge is 0.487 e. The molecule has 0 saturated carbocycles. The number of β-amino-alcohol motifs (C(OH)–C–C–N with tert-alkyl or cyclic N) is 1. The second-order valence-electron chi connectivity index (χ2n) is 5.13. The second-order valence-corrected chi connectivity index (χ2v) is 5.54. The first kappa shape index (κ1) is 16.9. The molecule has 1 fully saturated rings. The number of carbonyl (C=O) groups is 1. The van der Waals surface area contributed by atoms with Gasteiger partial charge in [-0.15, -0.1) is 0 Å². The van der Waals surface area contributed by atoms with E-state index in [1.807, 2.05) is 0 Å². The topological polar surface area (TPSA) is 71.0 Å². The van der Waals surface area contributed by atoms with Gasteiger partial charge in [-0.25, -0.2) is 4.79 Å². The maximum Gasteiger partial charge on any atom is 0.322 e. The molecule has 2 rings (SSSR count). The monoisotopic (exact) mass is 328 g/mol. The summed E-state index contributed by atoms with van der Waals surface area (Å²) in [6.07, 6.45) is 1.06. The average molecular weight is 329 g/mol. The number of anilines is 1. The van der Waals surface area contributed by atoms with Crippen LogP contribution in [0.5, 0.6) is 5.75 Å². The number of hydrogen-bond acceptors (Lipinski definition) is 4. The first-order chi connectivity index (χ1) is 10.6. The van der Waals surface area contributed by atoms with E-state index in [0.717, 1.165) is 12.8 Å². The van der Waals surface area contributed by atoms with Crippen LogP contribution in [0.2, 0.25) is 5.02 Å². The van der Waals surface area contributed by atoms with E-state index in [0.29, 0.717) is 42.8 Å². The Morgan fingerprint density at radius 3 is 3.05 bits per heavy atom. The number of nitrogens with zero attached hydrogens (tertiary/aromatic N) is 1. The molecule has 2 amide bonds. The highest BCUT2D eigenvalue weighted by atomic mass is 35.5. The number of halogens is 1. The van der Waals surface area contributed by atoms with Crippen molar-refractivity contribution in [3.8, 4) is 5.75 Å². The fraction of sp³-hybridized carbons (Fsp3) is 0.533. The van der Waals surface area contributed by atoms with Crippen molar-refractivity contribution >= 4 is 23.3 Å². The van der Waals surface area contributed by atoms with Gasteiger partial charge in [-0.1, -0.05) is 17.7 Å². The van der Waals surface area contributed by atoms with Crippen molar-refractivity contribution in [2.75, 3.05) is 38.7 Å². The van der Waals surface area contributed by atoms with Crippen molar-refractivity contribution in [2.45, 2.75) is 18.9 Å². The van der Waals surface area contributed by atoms with Crippen molar-refractivity contribution < 1.29 is 19.4 Å². The van der Waals surface area contributed by atoms with Gasteiger partial charge in [-0.2, -0.15) is 0 Å². The summed E-state index contributed by atoms with van der Waals surface area (Å²) in [6.45, 7) is 1.73. The van der Waals surface area contributed by atoms with Crippen LogP contribution in [0.15, 0.2) is 18.2 Å². The number of amides is 2. The van der Waals surface area contributed by atoms with Gasteiger partial charge in [0.25, 0.3) is 0 Å². The number of aliphatic hydroxyl groups is 1. The van der Waals surface area contributed by atoms with Crippen LogP contribution in [-0.2, 0) is 4.74 Å². The van der Waals surface area contributed by atoms with Crippen molar-refractivity contribution in [2.24, 2.45) is 0 Å². The molecule has 1 aromatic rings. The summed E-state index contributed by atoms with van der Waals surface area (Å²) in [5, 5.41) is 12.9. The van der Waals surface area contributed by atoms with Gasteiger partial charge in [0.15, 0.2) is 5.75 Å². The van der Waals surface area contributed by atoms with Crippen molar-refractivity contribution in [3.63, 3.8) is 0 Å². The van der Waals surface area contributed by atoms with Crippen LogP contribution >= 0.6 is 11.6 Å². The Balaban J connectivity index is 2.04. The highest BCUT2D eigenvalue weighted by Crippen LogP contribution is 2.33. The SMILES string of the molecule is COCCOc1c(Cl)cccc1NC(=O)N1CCC[C@H](O)C1. The molecule has 6 nitrogen and oxygen atoms in total. The molecule has 0 unspecified atom stereocenters. The standard InChI is InChI=1S/C15H21ClN2O4/c1-21-8-9-22-14-12(16)5-2-6-13(14)17-15(20)18-7-3-4-11(19)10-18/h2,5-6,11,19H,3-4,7-10H2,1H3,(H,17,20)/t11-/m0/s1. The van der Waals surface area contributed by atoms with Crippen LogP contribution in [0.3, 0.4) is 0 Å². The minimum absolute atomic E-state index is 0.266. The molecule has 0 spiro atoms. The lowest BCUT2D eigenvalue weighted by atomic mass is 10.1. The molecule has 1 aliphatic rings. The molecule has 1 aromatic carbocycles. The summed E-state index contributed by atoms with van der Waals surface area (Å²) in [6, 6.07) is 4.90. The lowest BCUT2D eigenvalue weighted by Crippen LogP contribution is -2.44. The predicted molar refractivity (Wildman–Crippen MR) is 84.7 cm³/mol. The first-order valence-corrected chi connectivity index (χ1v) is 7.64. The lowest BCUT2D eigenvalue weighted by molar-refractivity contribution is 0.0883. The maximum atomic E-state index is 12.3. The fourth-order valence-corrected chi connectivity index (χ4v) is 2.54. The summed E-state index contributed by atoms with van der Waals surface area (Å²) in [7, 11) is 1.58. The number of nitrogens with one attached hydrogen (secondary N) is 1. The Labute approximate surface area is 135 Å². The van der Waals surface area contributed by atoms with Crippen LogP contribution in [0, 0.1) is 0 Å². The number of likely N-dealkylation sites (tertiary alicyclic amines) is 1. The maximum absolute atomic E-state index is 12.3. The van der Waals surface area contributed by atoms with E-state index < -0.39 is 6.10 Å². The van der Waals surface area contributed by atoms with Crippen LogP contribution < -0.4 is 10.1 Å². The number of urea groups is 1. The van der Waals surface area contributed by atoms with Crippen LogP contribution in [0.25, 0.3) is 0 Å². The fourth-order valence-electron chi connectivity index (χ4n) is 2.31. The zero-order valence-corrected chi connectivity index (χ0v) is 13.3. The molecule has 122 valence electrons. The molecule has 1 aliphatic heterocycles. The highest BCUT2D eigenvalue weighted by Gasteiger charge is 2.23. The van der Waals surface area contributed by atoms with E-state index in [1.165, 1.54) is 0 Å². The summed E-state index contributed by atoms with van der Waals surface area (Å²) in [4.78, 5) is 13.9.